The summed E-state index contributed by atoms with van der Waals surface area (Å²) >= 11 is 0. The van der Waals surface area contributed by atoms with E-state index in [0.29, 0.717) is 18.4 Å². The zero-order valence-corrected chi connectivity index (χ0v) is 11.8. The second kappa shape index (κ2) is 6.53. The molecule has 1 N–H and O–H groups in total. The van der Waals surface area contributed by atoms with Gasteiger partial charge in [0.15, 0.2) is 0 Å². The topological polar surface area (TPSA) is 35.6 Å². The Hall–Kier alpha value is -0.610. The average molecular weight is 253 g/mol. The minimum Gasteiger partial charge on any atom is -0.340 e. The summed E-state index contributed by atoms with van der Waals surface area (Å²) in [4.78, 5) is 16.6. The van der Waals surface area contributed by atoms with E-state index in [4.69, 9.17) is 0 Å². The van der Waals surface area contributed by atoms with Crippen LogP contribution in [0, 0.1) is 5.92 Å². The molecule has 104 valence electrons. The number of nitrogens with zero attached hydrogens (tertiary/aromatic N) is 2. The highest BCUT2D eigenvalue weighted by atomic mass is 16.2. The SMILES string of the molecule is CC(C)N(CCC(=O)N1CCNCC1)CC1CC1. The summed E-state index contributed by atoms with van der Waals surface area (Å²) < 4.78 is 0. The Morgan fingerprint density at radius 3 is 2.56 bits per heavy atom. The molecule has 2 fully saturated rings. The van der Waals surface area contributed by atoms with Crippen molar-refractivity contribution in [2.75, 3.05) is 39.3 Å². The van der Waals surface area contributed by atoms with Crippen molar-refractivity contribution >= 4 is 5.91 Å². The summed E-state index contributed by atoms with van der Waals surface area (Å²) in [5.41, 5.74) is 0. The van der Waals surface area contributed by atoms with Crippen LogP contribution in [0.25, 0.3) is 0 Å². The molecular formula is C14H27N3O. The standard InChI is InChI=1S/C14H27N3O/c1-12(2)17(11-13-3-4-13)8-5-14(18)16-9-6-15-7-10-16/h12-13,15H,3-11H2,1-2H3. The van der Waals surface area contributed by atoms with E-state index in [1.54, 1.807) is 0 Å². The number of rotatable bonds is 6. The molecule has 4 heteroatoms. The lowest BCUT2D eigenvalue weighted by atomic mass is 10.2. The Morgan fingerprint density at radius 2 is 2.00 bits per heavy atom. The van der Waals surface area contributed by atoms with Crippen LogP contribution in [0.4, 0.5) is 0 Å². The summed E-state index contributed by atoms with van der Waals surface area (Å²) in [6, 6.07) is 0.557. The molecule has 0 unspecified atom stereocenters. The minimum atomic E-state index is 0.331. The van der Waals surface area contributed by atoms with Gasteiger partial charge in [-0.2, -0.15) is 0 Å². The zero-order valence-electron chi connectivity index (χ0n) is 11.8. The molecule has 0 aromatic rings. The smallest absolute Gasteiger partial charge is 0.223 e. The molecule has 2 rings (SSSR count). The van der Waals surface area contributed by atoms with Gasteiger partial charge in [0.05, 0.1) is 0 Å². The lowest BCUT2D eigenvalue weighted by Gasteiger charge is -2.30. The van der Waals surface area contributed by atoms with E-state index in [0.717, 1.165) is 38.6 Å². The Labute approximate surface area is 111 Å². The fourth-order valence-electron chi connectivity index (χ4n) is 2.50. The van der Waals surface area contributed by atoms with Gasteiger partial charge < -0.3 is 15.1 Å². The van der Waals surface area contributed by atoms with Gasteiger partial charge >= 0.3 is 0 Å². The van der Waals surface area contributed by atoms with Gasteiger partial charge in [-0.05, 0) is 32.6 Å². The van der Waals surface area contributed by atoms with Crippen molar-refractivity contribution in [3.63, 3.8) is 0 Å². The maximum atomic E-state index is 12.1. The van der Waals surface area contributed by atoms with Gasteiger partial charge in [-0.15, -0.1) is 0 Å². The van der Waals surface area contributed by atoms with Crippen LogP contribution < -0.4 is 5.32 Å². The molecule has 1 saturated heterocycles. The molecule has 2 aliphatic rings. The fraction of sp³-hybridized carbons (Fsp3) is 0.929. The predicted molar refractivity (Wildman–Crippen MR) is 73.5 cm³/mol. The van der Waals surface area contributed by atoms with Crippen molar-refractivity contribution in [2.45, 2.75) is 39.2 Å². The molecule has 0 aromatic heterocycles. The molecule has 1 aliphatic carbocycles. The molecule has 0 aromatic carbocycles. The lowest BCUT2D eigenvalue weighted by Crippen LogP contribution is -2.47. The maximum absolute atomic E-state index is 12.1. The second-order valence-corrected chi connectivity index (χ2v) is 5.91. The van der Waals surface area contributed by atoms with E-state index in [2.05, 4.69) is 24.1 Å². The Morgan fingerprint density at radius 1 is 1.33 bits per heavy atom. The molecule has 0 spiro atoms. The first-order valence-electron chi connectivity index (χ1n) is 7.39. The molecule has 0 radical (unpaired) electrons. The van der Waals surface area contributed by atoms with Gasteiger partial charge in [0.1, 0.15) is 0 Å². The average Bonchev–Trinajstić information content (AvgIpc) is 3.18. The molecule has 1 aliphatic heterocycles. The van der Waals surface area contributed by atoms with Crippen molar-refractivity contribution < 1.29 is 4.79 Å². The highest BCUT2D eigenvalue weighted by molar-refractivity contribution is 5.76. The van der Waals surface area contributed by atoms with Crippen molar-refractivity contribution in [1.82, 2.24) is 15.1 Å². The Kier molecular flexibility index (Phi) is 5.01. The van der Waals surface area contributed by atoms with E-state index in [1.165, 1.54) is 19.4 Å². The normalized spacial score (nSPS) is 20.8. The third kappa shape index (κ3) is 4.25. The number of nitrogens with one attached hydrogen (secondary N) is 1. The van der Waals surface area contributed by atoms with Crippen LogP contribution in [-0.2, 0) is 4.79 Å². The van der Waals surface area contributed by atoms with Crippen LogP contribution in [0.3, 0.4) is 0 Å². The quantitative estimate of drug-likeness (QED) is 0.765. The van der Waals surface area contributed by atoms with Crippen LogP contribution in [0.1, 0.15) is 33.1 Å². The highest BCUT2D eigenvalue weighted by Crippen LogP contribution is 2.30. The third-order valence-electron chi connectivity index (χ3n) is 4.00. The Balaban J connectivity index is 1.71. The minimum absolute atomic E-state index is 0.331. The predicted octanol–water partition coefficient (Wildman–Crippen LogP) is 0.929. The Bertz CT molecular complexity index is 270. The first kappa shape index (κ1) is 13.8. The van der Waals surface area contributed by atoms with E-state index in [1.807, 2.05) is 4.90 Å². The van der Waals surface area contributed by atoms with Crippen LogP contribution in [0.15, 0.2) is 0 Å². The summed E-state index contributed by atoms with van der Waals surface area (Å²) in [5, 5.41) is 3.28. The molecule has 4 nitrogen and oxygen atoms in total. The number of hydrogen-bond acceptors (Lipinski definition) is 3. The van der Waals surface area contributed by atoms with Crippen molar-refractivity contribution in [1.29, 1.82) is 0 Å². The van der Waals surface area contributed by atoms with Gasteiger partial charge in [0, 0.05) is 51.7 Å². The summed E-state index contributed by atoms with van der Waals surface area (Å²) in [6.07, 6.45) is 3.45. The van der Waals surface area contributed by atoms with Crippen molar-refractivity contribution in [2.24, 2.45) is 5.92 Å². The van der Waals surface area contributed by atoms with Crippen molar-refractivity contribution in [3.05, 3.63) is 0 Å². The first-order valence-corrected chi connectivity index (χ1v) is 7.39. The highest BCUT2D eigenvalue weighted by Gasteiger charge is 2.26. The number of carbonyl (C=O) groups excluding carboxylic acids is 1. The van der Waals surface area contributed by atoms with E-state index in [9.17, 15) is 4.79 Å². The fourth-order valence-corrected chi connectivity index (χ4v) is 2.50. The number of carbonyl (C=O) groups is 1. The third-order valence-corrected chi connectivity index (χ3v) is 4.00. The number of amides is 1. The monoisotopic (exact) mass is 253 g/mol. The van der Waals surface area contributed by atoms with E-state index in [-0.39, 0.29) is 0 Å². The molecule has 18 heavy (non-hydrogen) atoms. The van der Waals surface area contributed by atoms with Crippen LogP contribution in [0.5, 0.6) is 0 Å². The van der Waals surface area contributed by atoms with Crippen LogP contribution in [-0.4, -0.2) is 61.0 Å². The summed E-state index contributed by atoms with van der Waals surface area (Å²) in [5.74, 6) is 1.24. The maximum Gasteiger partial charge on any atom is 0.223 e. The first-order chi connectivity index (χ1) is 8.66. The molecule has 1 amide bonds. The number of hydrogen-bond donors (Lipinski definition) is 1. The van der Waals surface area contributed by atoms with Gasteiger partial charge in [-0.25, -0.2) is 0 Å². The van der Waals surface area contributed by atoms with Gasteiger partial charge in [-0.3, -0.25) is 4.79 Å². The second-order valence-electron chi connectivity index (χ2n) is 5.91. The molecule has 1 saturated carbocycles. The van der Waals surface area contributed by atoms with E-state index < -0.39 is 0 Å². The van der Waals surface area contributed by atoms with Crippen LogP contribution in [0.2, 0.25) is 0 Å². The van der Waals surface area contributed by atoms with Gasteiger partial charge in [0.25, 0.3) is 0 Å². The van der Waals surface area contributed by atoms with E-state index >= 15 is 0 Å². The molecule has 1 heterocycles. The molecular weight excluding hydrogens is 226 g/mol. The van der Waals surface area contributed by atoms with Gasteiger partial charge in [0.2, 0.25) is 5.91 Å². The van der Waals surface area contributed by atoms with Crippen LogP contribution >= 0.6 is 0 Å². The summed E-state index contributed by atoms with van der Waals surface area (Å²) in [7, 11) is 0. The van der Waals surface area contributed by atoms with Gasteiger partial charge in [-0.1, -0.05) is 0 Å². The lowest BCUT2D eigenvalue weighted by molar-refractivity contribution is -0.132. The molecule has 0 bridgehead atoms. The zero-order chi connectivity index (χ0) is 13.0. The largest absolute Gasteiger partial charge is 0.340 e. The molecule has 0 atom stereocenters. The number of piperazine rings is 1. The summed E-state index contributed by atoms with van der Waals surface area (Å²) in [6.45, 7) is 10.2. The van der Waals surface area contributed by atoms with Crippen molar-refractivity contribution in [3.8, 4) is 0 Å².